The topological polar surface area (TPSA) is 92.8 Å². The smallest absolute Gasteiger partial charge is 0.394 e. The SMILES string of the molecule is CC(COC(N)=CC=Nc1ccc2c(n1)N(C)C(C)(C)CC(C)NC2=O)CC1(C(F)(F)F)CC1. The Bertz CT molecular complexity index is 970. The highest BCUT2D eigenvalue weighted by Gasteiger charge is 2.63. The number of nitrogens with one attached hydrogen (secondary N) is 1. The molecule has 188 valence electrons. The van der Waals surface area contributed by atoms with Crippen LogP contribution in [0.1, 0.15) is 63.7 Å². The third kappa shape index (κ3) is 5.82. The van der Waals surface area contributed by atoms with Crippen LogP contribution in [0.3, 0.4) is 0 Å². The van der Waals surface area contributed by atoms with Crippen molar-refractivity contribution >= 4 is 23.8 Å². The first kappa shape index (κ1) is 25.8. The van der Waals surface area contributed by atoms with Gasteiger partial charge in [-0.2, -0.15) is 13.2 Å². The number of fused-ring (bicyclic) bond motifs is 1. The quantitative estimate of drug-likeness (QED) is 0.435. The first-order valence-corrected chi connectivity index (χ1v) is 11.5. The minimum absolute atomic E-state index is 0.0231. The van der Waals surface area contributed by atoms with Crippen molar-refractivity contribution in [3.8, 4) is 0 Å². The highest BCUT2D eigenvalue weighted by molar-refractivity contribution is 5.99. The van der Waals surface area contributed by atoms with Gasteiger partial charge in [-0.25, -0.2) is 9.98 Å². The molecule has 3 rings (SSSR count). The van der Waals surface area contributed by atoms with E-state index in [4.69, 9.17) is 10.5 Å². The van der Waals surface area contributed by atoms with Crippen molar-refractivity contribution in [1.82, 2.24) is 10.3 Å². The van der Waals surface area contributed by atoms with E-state index in [0.29, 0.717) is 17.2 Å². The molecule has 10 heteroatoms. The lowest BCUT2D eigenvalue weighted by Gasteiger charge is -2.41. The molecular weight excluding hydrogens is 447 g/mol. The number of hydrogen-bond donors (Lipinski definition) is 2. The Morgan fingerprint density at radius 1 is 1.41 bits per heavy atom. The van der Waals surface area contributed by atoms with Crippen LogP contribution in [-0.4, -0.2) is 48.5 Å². The number of anilines is 1. The van der Waals surface area contributed by atoms with E-state index in [0.717, 1.165) is 6.42 Å². The number of amides is 1. The largest absolute Gasteiger partial charge is 0.479 e. The van der Waals surface area contributed by atoms with Crippen molar-refractivity contribution < 1.29 is 22.7 Å². The number of alkyl halides is 3. The van der Waals surface area contributed by atoms with E-state index in [1.54, 1.807) is 19.1 Å². The summed E-state index contributed by atoms with van der Waals surface area (Å²) in [4.78, 5) is 23.4. The van der Waals surface area contributed by atoms with Gasteiger partial charge in [0.2, 0.25) is 0 Å². The minimum atomic E-state index is -4.17. The minimum Gasteiger partial charge on any atom is -0.479 e. The standard InChI is InChI=1S/C24H34F3N5O2/c1-15(12-23(9-10-23)24(25,26)27)14-34-18(28)8-11-29-19-7-6-17-20(31-19)32(5)22(3,4)13-16(2)30-21(17)33/h6-8,11,15-16H,9-10,12-14,28H2,1-5H3,(H,30,33). The Hall–Kier alpha value is -2.78. The van der Waals surface area contributed by atoms with Gasteiger partial charge in [0.05, 0.1) is 17.6 Å². The number of halogens is 3. The second kappa shape index (κ2) is 9.46. The maximum Gasteiger partial charge on any atom is 0.394 e. The van der Waals surface area contributed by atoms with Crippen LogP contribution in [0.2, 0.25) is 0 Å². The van der Waals surface area contributed by atoms with Gasteiger partial charge in [0.15, 0.2) is 11.7 Å². The van der Waals surface area contributed by atoms with E-state index in [-0.39, 0.29) is 55.2 Å². The molecule has 1 amide bonds. The molecule has 2 atom stereocenters. The maximum absolute atomic E-state index is 13.1. The van der Waals surface area contributed by atoms with Crippen molar-refractivity contribution in [3.05, 3.63) is 29.7 Å². The molecule has 1 aliphatic carbocycles. The normalized spacial score (nSPS) is 23.1. The molecule has 1 aromatic rings. The zero-order valence-corrected chi connectivity index (χ0v) is 20.4. The summed E-state index contributed by atoms with van der Waals surface area (Å²) in [6.07, 6.45) is -0.167. The Kier molecular flexibility index (Phi) is 7.19. The molecule has 2 aliphatic rings. The van der Waals surface area contributed by atoms with Crippen molar-refractivity contribution in [3.63, 3.8) is 0 Å². The van der Waals surface area contributed by atoms with E-state index < -0.39 is 11.6 Å². The van der Waals surface area contributed by atoms with Gasteiger partial charge in [-0.1, -0.05) is 6.92 Å². The summed E-state index contributed by atoms with van der Waals surface area (Å²) in [6, 6.07) is 3.35. The number of aromatic nitrogens is 1. The predicted octanol–water partition coefficient (Wildman–Crippen LogP) is 4.71. The third-order valence-electron chi connectivity index (χ3n) is 6.69. The zero-order valence-electron chi connectivity index (χ0n) is 20.4. The van der Waals surface area contributed by atoms with Gasteiger partial charge in [0.25, 0.3) is 5.91 Å². The van der Waals surface area contributed by atoms with Gasteiger partial charge in [0, 0.05) is 30.9 Å². The fourth-order valence-electron chi connectivity index (χ4n) is 4.42. The number of allylic oxidation sites excluding steroid dienone is 1. The monoisotopic (exact) mass is 481 g/mol. The molecule has 0 radical (unpaired) electrons. The number of rotatable bonds is 7. The summed E-state index contributed by atoms with van der Waals surface area (Å²) in [5.74, 6) is 0.519. The number of hydrogen-bond acceptors (Lipinski definition) is 6. The summed E-state index contributed by atoms with van der Waals surface area (Å²) in [6.45, 7) is 7.97. The lowest BCUT2D eigenvalue weighted by molar-refractivity contribution is -0.192. The Morgan fingerprint density at radius 2 is 2.09 bits per heavy atom. The summed E-state index contributed by atoms with van der Waals surface area (Å²) in [5, 5.41) is 2.99. The molecule has 34 heavy (non-hydrogen) atoms. The van der Waals surface area contributed by atoms with E-state index in [1.807, 2.05) is 18.9 Å². The van der Waals surface area contributed by atoms with Gasteiger partial charge in [-0.3, -0.25) is 4.79 Å². The first-order valence-electron chi connectivity index (χ1n) is 11.5. The maximum atomic E-state index is 13.1. The van der Waals surface area contributed by atoms with Crippen LogP contribution in [0.5, 0.6) is 0 Å². The zero-order chi connectivity index (χ0) is 25.3. The molecule has 0 saturated heterocycles. The number of aliphatic imine (C=N–C) groups is 1. The summed E-state index contributed by atoms with van der Waals surface area (Å²) in [7, 11) is 1.90. The molecular formula is C24H34F3N5O2. The molecule has 2 unspecified atom stereocenters. The van der Waals surface area contributed by atoms with Gasteiger partial charge < -0.3 is 20.7 Å². The predicted molar refractivity (Wildman–Crippen MR) is 126 cm³/mol. The second-order valence-electron chi connectivity index (χ2n) is 10.2. The fraction of sp³-hybridized carbons (Fsp3) is 0.625. The van der Waals surface area contributed by atoms with E-state index in [9.17, 15) is 18.0 Å². The van der Waals surface area contributed by atoms with Gasteiger partial charge in [-0.15, -0.1) is 0 Å². The molecule has 0 bridgehead atoms. The number of pyridine rings is 1. The van der Waals surface area contributed by atoms with Crippen LogP contribution in [0.25, 0.3) is 0 Å². The van der Waals surface area contributed by atoms with Gasteiger partial charge in [0.1, 0.15) is 5.82 Å². The molecule has 0 spiro atoms. The van der Waals surface area contributed by atoms with E-state index in [1.165, 1.54) is 12.3 Å². The van der Waals surface area contributed by atoms with Crippen molar-refractivity contribution in [1.29, 1.82) is 0 Å². The molecule has 2 heterocycles. The number of nitrogens with two attached hydrogens (primary N) is 1. The Balaban J connectivity index is 1.64. The van der Waals surface area contributed by atoms with Crippen molar-refractivity contribution in [2.24, 2.45) is 22.1 Å². The van der Waals surface area contributed by atoms with Crippen molar-refractivity contribution in [2.75, 3.05) is 18.6 Å². The van der Waals surface area contributed by atoms with Crippen LogP contribution in [-0.2, 0) is 4.74 Å². The number of carbonyl (C=O) groups is 1. The van der Waals surface area contributed by atoms with Crippen LogP contribution in [0.15, 0.2) is 29.1 Å². The summed E-state index contributed by atoms with van der Waals surface area (Å²) in [5.41, 5.74) is 4.51. The molecule has 0 aromatic carbocycles. The Labute approximate surface area is 198 Å². The molecule has 1 aromatic heterocycles. The number of carbonyl (C=O) groups excluding carboxylic acids is 1. The molecule has 7 nitrogen and oxygen atoms in total. The molecule has 1 aliphatic heterocycles. The average molecular weight is 482 g/mol. The Morgan fingerprint density at radius 3 is 2.71 bits per heavy atom. The lowest BCUT2D eigenvalue weighted by Crippen LogP contribution is -2.50. The molecule has 1 fully saturated rings. The average Bonchev–Trinajstić information content (AvgIpc) is 3.51. The van der Waals surface area contributed by atoms with Crippen LogP contribution in [0, 0.1) is 11.3 Å². The highest BCUT2D eigenvalue weighted by Crippen LogP contribution is 2.61. The number of ether oxygens (including phenoxy) is 1. The number of nitrogens with zero attached hydrogens (tertiary/aromatic N) is 3. The first-order chi connectivity index (χ1) is 15.7. The van der Waals surface area contributed by atoms with E-state index >= 15 is 0 Å². The van der Waals surface area contributed by atoms with Crippen molar-refractivity contribution in [2.45, 2.75) is 71.1 Å². The van der Waals surface area contributed by atoms with Crippen LogP contribution in [0.4, 0.5) is 24.8 Å². The molecule has 1 saturated carbocycles. The fourth-order valence-corrected chi connectivity index (χ4v) is 4.42. The highest BCUT2D eigenvalue weighted by atomic mass is 19.4. The van der Waals surface area contributed by atoms with Crippen LogP contribution >= 0.6 is 0 Å². The van der Waals surface area contributed by atoms with Gasteiger partial charge >= 0.3 is 6.18 Å². The summed E-state index contributed by atoms with van der Waals surface area (Å²) >= 11 is 0. The van der Waals surface area contributed by atoms with Gasteiger partial charge in [-0.05, 0) is 64.5 Å². The summed E-state index contributed by atoms with van der Waals surface area (Å²) < 4.78 is 44.7. The van der Waals surface area contributed by atoms with Crippen LogP contribution < -0.4 is 16.0 Å². The lowest BCUT2D eigenvalue weighted by atomic mass is 9.92. The molecule has 3 N–H and O–H groups in total. The second-order valence-corrected chi connectivity index (χ2v) is 10.2. The third-order valence-corrected chi connectivity index (χ3v) is 6.69. The van der Waals surface area contributed by atoms with E-state index in [2.05, 4.69) is 29.1 Å².